The van der Waals surface area contributed by atoms with Crippen molar-refractivity contribution in [3.8, 4) is 57.3 Å². The van der Waals surface area contributed by atoms with Crippen LogP contribution < -0.4 is 64.4 Å². The number of amides is 5. The van der Waals surface area contributed by atoms with Gasteiger partial charge in [0.2, 0.25) is 59.6 Å². The molecule has 17 rings (SSSR count). The Bertz CT molecular complexity index is 6540. The third-order valence-electron chi connectivity index (χ3n) is 21.2. The zero-order valence-corrected chi connectivity index (χ0v) is 75.2. The van der Waals surface area contributed by atoms with Crippen LogP contribution in [-0.2, 0) is 54.0 Å². The molecule has 36 heteroatoms. The number of ether oxygens (including phenoxy) is 5. The van der Waals surface area contributed by atoms with Crippen LogP contribution in [0, 0.1) is 11.3 Å². The number of sulfonamides is 3. The standard InChI is InChI=1S/C27H23Cl2N3O4.C26H21ClN2O4S.C20H17ClN2O4S2.C19H16ClN3O4S2/c28-22-11-6-17(13-24(22)36-27-18(15-30)3-1-4-23(27)29)19-14-26(34)32(16-19)20-7-9-21(10-8-20)35-12-2-5-25(31)33;27-24-12-6-19(14-25(24)33-22-9-5-17-3-1-2-4-18(17)13-22)20-15-26(30)29(16-20)21-7-10-23(11-8-21)34(28,31)32;21-18-6-1-13(9-19(18)27-16-7-8-28-12-16)14-10-20(24)23(11-14)15-2-4-17(5-3-15)29(22,25)26;20-16-6-1-12(9-17(16)27-19-22-7-8-28-19)13-10-18(24)23(11-13)14-2-4-15(5-3-14)29(21,25)26/h1,3-4,6-11,13,19H,2,5,12,14,16H2,(H2,31,33);1-14,20H,15-16H2,(H2,28,31,32);1-9,12,14H,10-11H2,(H2,22,25,26);1-9,13H,10-11H2,(H2,21,25,26)/t19-;20-;14-;13-/m0000/s1. The minimum absolute atomic E-state index is 0.00501. The van der Waals surface area contributed by atoms with Gasteiger partial charge in [-0.3, -0.25) is 24.0 Å². The SMILES string of the molecule is N#Cc1cccc(Cl)c1Oc1cc([C@H]2CC(=O)N(c3ccc(OCCCC(N)=O)cc3)C2)ccc1Cl.NS(=O)(=O)c1ccc(N2C[C@@H](c3ccc(Cl)c(Oc4ccc5ccccc5c4)c3)CC2=O)cc1.NS(=O)(=O)c1ccc(N2C[C@@H](c3ccc(Cl)c(Oc4ccsc4)c3)CC2=O)cc1.NS(=O)(=O)c1ccc(N2C[C@@H](c3ccc(Cl)c(Oc4nccs4)c3)CC2=O)cc1. The van der Waals surface area contributed by atoms with Crippen LogP contribution >= 0.6 is 80.7 Å². The number of primary sulfonamides is 3. The number of primary amides is 1. The van der Waals surface area contributed by atoms with Gasteiger partial charge in [-0.25, -0.2) is 45.7 Å². The third kappa shape index (κ3) is 23.1. The summed E-state index contributed by atoms with van der Waals surface area (Å²) in [7, 11) is -11.3. The molecule has 0 bridgehead atoms. The molecule has 0 radical (unpaired) electrons. The summed E-state index contributed by atoms with van der Waals surface area (Å²) in [5.41, 5.74) is 11.8. The number of carbonyl (C=O) groups excluding carboxylic acids is 5. The van der Waals surface area contributed by atoms with Crippen LogP contribution in [-0.4, -0.2) is 92.6 Å². The molecule has 128 heavy (non-hydrogen) atoms. The van der Waals surface area contributed by atoms with Crippen molar-refractivity contribution in [1.82, 2.24) is 4.98 Å². The number of anilines is 4. The van der Waals surface area contributed by atoms with Gasteiger partial charge in [-0.15, -0.1) is 11.3 Å². The van der Waals surface area contributed by atoms with E-state index in [1.54, 1.807) is 123 Å². The topological polar surface area (TPSA) is 388 Å². The monoisotopic (exact) mass is 1910 g/mol. The highest BCUT2D eigenvalue weighted by Gasteiger charge is 2.37. The number of nitriles is 1. The van der Waals surface area contributed by atoms with Crippen molar-refractivity contribution in [2.24, 2.45) is 21.2 Å². The molecule has 0 saturated carbocycles. The second-order valence-electron chi connectivity index (χ2n) is 29.8. The lowest BCUT2D eigenvalue weighted by Gasteiger charge is -2.18. The highest BCUT2D eigenvalue weighted by atomic mass is 35.5. The second kappa shape index (κ2) is 40.6. The molecule has 4 aliphatic heterocycles. The molecule has 0 unspecified atom stereocenters. The van der Waals surface area contributed by atoms with E-state index in [4.69, 9.17) is 103 Å². The Labute approximate surface area is 770 Å². The number of aromatic nitrogens is 1. The van der Waals surface area contributed by atoms with Crippen LogP contribution in [0.2, 0.25) is 25.1 Å². The number of para-hydroxylation sites is 1. The van der Waals surface area contributed by atoms with Crippen molar-refractivity contribution < 1.29 is 72.9 Å². The zero-order valence-electron chi connectivity index (χ0n) is 67.4. The molecule has 5 amide bonds. The van der Waals surface area contributed by atoms with Gasteiger partial charge in [-0.1, -0.05) is 130 Å². The van der Waals surface area contributed by atoms with E-state index in [-0.39, 0.29) is 80.1 Å². The van der Waals surface area contributed by atoms with Gasteiger partial charge in [0, 0.05) is 122 Å². The number of rotatable bonds is 24. The van der Waals surface area contributed by atoms with Gasteiger partial charge in [-0.05, 0) is 221 Å². The van der Waals surface area contributed by atoms with E-state index in [1.165, 1.54) is 59.1 Å². The minimum Gasteiger partial charge on any atom is -0.494 e. The van der Waals surface area contributed by atoms with Gasteiger partial charge in [0.25, 0.3) is 5.19 Å². The Morgan fingerprint density at radius 2 is 0.820 bits per heavy atom. The van der Waals surface area contributed by atoms with E-state index < -0.39 is 30.1 Å². The Morgan fingerprint density at radius 1 is 0.430 bits per heavy atom. The molecule has 11 aromatic carbocycles. The molecule has 4 aliphatic rings. The fourth-order valence-corrected chi connectivity index (χ4v) is 18.1. The number of fused-ring (bicyclic) bond motifs is 1. The van der Waals surface area contributed by atoms with E-state index >= 15 is 0 Å². The molecular weight excluding hydrogens is 1840 g/mol. The summed E-state index contributed by atoms with van der Waals surface area (Å²) >= 11 is 34.4. The highest BCUT2D eigenvalue weighted by molar-refractivity contribution is 7.89. The van der Waals surface area contributed by atoms with Crippen molar-refractivity contribution in [3.05, 3.63) is 312 Å². The predicted octanol–water partition coefficient (Wildman–Crippen LogP) is 19.4. The van der Waals surface area contributed by atoms with E-state index in [1.807, 2.05) is 119 Å². The molecule has 4 saturated heterocycles. The maximum Gasteiger partial charge on any atom is 0.278 e. The van der Waals surface area contributed by atoms with Gasteiger partial charge in [0.05, 0.1) is 52.0 Å². The quantitative estimate of drug-likeness (QED) is 0.0408. The zero-order chi connectivity index (χ0) is 90.7. The summed E-state index contributed by atoms with van der Waals surface area (Å²) < 4.78 is 97.9. The Balaban J connectivity index is 0.000000139. The molecule has 656 valence electrons. The van der Waals surface area contributed by atoms with Crippen molar-refractivity contribution in [1.29, 1.82) is 5.26 Å². The first-order valence-corrected chi connectivity index (χ1v) is 47.7. The number of hydrogen-bond acceptors (Lipinski definition) is 20. The van der Waals surface area contributed by atoms with Crippen LogP contribution in [0.3, 0.4) is 0 Å². The summed E-state index contributed by atoms with van der Waals surface area (Å²) in [5, 5.41) is 35.2. The lowest BCUT2D eigenvalue weighted by molar-refractivity contribution is -0.118. The predicted molar refractivity (Wildman–Crippen MR) is 495 cm³/mol. The summed E-state index contributed by atoms with van der Waals surface area (Å²) in [4.78, 5) is 72.3. The van der Waals surface area contributed by atoms with Crippen LogP contribution in [0.15, 0.2) is 274 Å². The number of hydrogen-bond donors (Lipinski definition) is 4. The summed E-state index contributed by atoms with van der Waals surface area (Å²) in [6, 6.07) is 69.9. The van der Waals surface area contributed by atoms with Gasteiger partial charge in [-0.2, -0.15) is 5.26 Å². The number of nitrogens with zero attached hydrogens (tertiary/aromatic N) is 6. The maximum atomic E-state index is 12.8. The van der Waals surface area contributed by atoms with E-state index in [2.05, 4.69) is 11.1 Å². The number of benzene rings is 11. The second-order valence-corrected chi connectivity index (χ2v) is 38.2. The molecule has 26 nitrogen and oxygen atoms in total. The Morgan fingerprint density at radius 3 is 1.20 bits per heavy atom. The first-order valence-electron chi connectivity index (χ1n) is 39.3. The fourth-order valence-electron chi connectivity index (χ4n) is 14.7. The van der Waals surface area contributed by atoms with Crippen molar-refractivity contribution in [2.45, 2.75) is 76.9 Å². The van der Waals surface area contributed by atoms with Gasteiger partial charge < -0.3 is 49.0 Å². The smallest absolute Gasteiger partial charge is 0.278 e. The van der Waals surface area contributed by atoms with E-state index in [0.717, 1.165) is 38.7 Å². The lowest BCUT2D eigenvalue weighted by Crippen LogP contribution is -2.24. The highest BCUT2D eigenvalue weighted by Crippen LogP contribution is 2.45. The molecule has 0 aliphatic carbocycles. The van der Waals surface area contributed by atoms with Crippen LogP contribution in [0.5, 0.6) is 51.2 Å². The molecule has 8 N–H and O–H groups in total. The van der Waals surface area contributed by atoms with Gasteiger partial charge in [0.15, 0.2) is 5.75 Å². The normalized spacial score (nSPS) is 16.2. The summed E-state index contributed by atoms with van der Waals surface area (Å²) in [5.74, 6) is 3.55. The van der Waals surface area contributed by atoms with Crippen LogP contribution in [0.4, 0.5) is 22.7 Å². The average Bonchev–Trinajstić information content (AvgIpc) is 1.64. The summed E-state index contributed by atoms with van der Waals surface area (Å²) in [6.45, 7) is 2.29. The van der Waals surface area contributed by atoms with Crippen LogP contribution in [0.25, 0.3) is 10.8 Å². The molecule has 2 aromatic heterocycles. The first kappa shape index (κ1) is 92.2. The minimum atomic E-state index is -3.79. The number of carbonyl (C=O) groups is 5. The molecule has 4 fully saturated rings. The Kier molecular flexibility index (Phi) is 29.2. The van der Waals surface area contributed by atoms with Crippen molar-refractivity contribution in [2.75, 3.05) is 52.4 Å². The average molecular weight is 1920 g/mol. The van der Waals surface area contributed by atoms with Gasteiger partial charge in [0.1, 0.15) is 46.3 Å². The summed E-state index contributed by atoms with van der Waals surface area (Å²) in [6.07, 6.45) is 3.80. The Hall–Kier alpha value is -12.0. The molecule has 4 atom stereocenters. The van der Waals surface area contributed by atoms with Gasteiger partial charge >= 0.3 is 0 Å². The van der Waals surface area contributed by atoms with Crippen molar-refractivity contribution in [3.63, 3.8) is 0 Å². The molecule has 6 heterocycles. The fraction of sp³-hybridized carbons (Fsp3) is 0.163. The van der Waals surface area contributed by atoms with E-state index in [0.29, 0.717) is 158 Å². The maximum absolute atomic E-state index is 12.8. The first-order chi connectivity index (χ1) is 61.2. The van der Waals surface area contributed by atoms with Crippen LogP contribution in [0.1, 0.15) is 90.0 Å². The third-order valence-corrected chi connectivity index (χ3v) is 26.8. The number of thiophene rings is 1. The number of halogens is 5. The number of nitrogens with two attached hydrogens (primary N) is 4. The molecule has 0 spiro atoms. The van der Waals surface area contributed by atoms with Crippen molar-refractivity contribution >= 4 is 174 Å². The largest absolute Gasteiger partial charge is 0.494 e. The van der Waals surface area contributed by atoms with E-state index in [9.17, 15) is 54.5 Å². The molecule has 13 aromatic rings. The number of thiazole rings is 1. The lowest BCUT2D eigenvalue weighted by atomic mass is 9.98. The molecular formula is C92H77Cl5N10O16S5.